The van der Waals surface area contributed by atoms with Crippen LogP contribution in [-0.4, -0.2) is 31.5 Å². The molecule has 0 aliphatic rings. The zero-order valence-corrected chi connectivity index (χ0v) is 12.1. The van der Waals surface area contributed by atoms with Gasteiger partial charge >= 0.3 is 6.18 Å². The average molecular weight is 269 g/mol. The molecule has 1 N–H and O–H groups in total. The fourth-order valence-corrected chi connectivity index (χ4v) is 1.43. The van der Waals surface area contributed by atoms with E-state index in [2.05, 4.69) is 44.7 Å². The van der Waals surface area contributed by atoms with Crippen LogP contribution in [0.1, 0.15) is 47.5 Å². The molecule has 0 fully saturated rings. The number of ether oxygens (including phenoxy) is 1. The Hall–Kier alpha value is -0.290. The number of halogens is 3. The third-order valence-corrected chi connectivity index (χ3v) is 2.51. The summed E-state index contributed by atoms with van der Waals surface area (Å²) in [4.78, 5) is 0. The second-order valence-corrected chi connectivity index (χ2v) is 6.54. The normalized spacial score (nSPS) is 14.0. The van der Waals surface area contributed by atoms with Gasteiger partial charge in [-0.25, -0.2) is 0 Å². The maximum atomic E-state index is 11.8. The number of rotatable bonds is 7. The van der Waals surface area contributed by atoms with Crippen LogP contribution in [0, 0.1) is 5.41 Å². The average Bonchev–Trinajstić information content (AvgIpc) is 2.11. The lowest BCUT2D eigenvalue weighted by molar-refractivity contribution is -0.174. The summed E-state index contributed by atoms with van der Waals surface area (Å²) >= 11 is 0. The highest BCUT2D eigenvalue weighted by Crippen LogP contribution is 2.22. The van der Waals surface area contributed by atoms with Crippen LogP contribution in [0.5, 0.6) is 0 Å². The first-order valence-corrected chi connectivity index (χ1v) is 6.31. The van der Waals surface area contributed by atoms with Crippen molar-refractivity contribution in [3.05, 3.63) is 0 Å². The Labute approximate surface area is 108 Å². The van der Waals surface area contributed by atoms with Crippen molar-refractivity contribution < 1.29 is 17.9 Å². The molecule has 0 aliphatic carbocycles. The zero-order valence-electron chi connectivity index (χ0n) is 12.1. The van der Waals surface area contributed by atoms with Gasteiger partial charge in [0, 0.05) is 18.7 Å². The first kappa shape index (κ1) is 17.7. The van der Waals surface area contributed by atoms with Gasteiger partial charge in [0.15, 0.2) is 0 Å². The molecule has 0 bridgehead atoms. The highest BCUT2D eigenvalue weighted by atomic mass is 19.4. The van der Waals surface area contributed by atoms with Gasteiger partial charge in [0.2, 0.25) is 0 Å². The smallest absolute Gasteiger partial charge is 0.372 e. The second-order valence-electron chi connectivity index (χ2n) is 6.54. The van der Waals surface area contributed by atoms with E-state index in [1.165, 1.54) is 0 Å². The molecular formula is C13H26F3NO. The van der Waals surface area contributed by atoms with E-state index in [4.69, 9.17) is 0 Å². The Kier molecular flexibility index (Phi) is 6.65. The lowest BCUT2D eigenvalue weighted by Crippen LogP contribution is -2.42. The van der Waals surface area contributed by atoms with Crippen molar-refractivity contribution in [1.29, 1.82) is 0 Å². The van der Waals surface area contributed by atoms with Crippen LogP contribution in [0.15, 0.2) is 0 Å². The third-order valence-electron chi connectivity index (χ3n) is 2.51. The largest absolute Gasteiger partial charge is 0.411 e. The van der Waals surface area contributed by atoms with Crippen molar-refractivity contribution in [2.24, 2.45) is 5.41 Å². The second kappa shape index (κ2) is 6.75. The molecule has 0 rings (SSSR count). The van der Waals surface area contributed by atoms with Crippen LogP contribution in [0.25, 0.3) is 0 Å². The number of alkyl halides is 3. The lowest BCUT2D eigenvalue weighted by atomic mass is 9.87. The topological polar surface area (TPSA) is 21.3 Å². The molecule has 0 amide bonds. The molecule has 0 saturated carbocycles. The van der Waals surface area contributed by atoms with Crippen molar-refractivity contribution in [2.45, 2.75) is 59.2 Å². The summed E-state index contributed by atoms with van der Waals surface area (Å²) in [5.41, 5.74) is 0.124. The van der Waals surface area contributed by atoms with Gasteiger partial charge in [-0.2, -0.15) is 13.2 Å². The molecule has 18 heavy (non-hydrogen) atoms. The van der Waals surface area contributed by atoms with Crippen molar-refractivity contribution >= 4 is 0 Å². The summed E-state index contributed by atoms with van der Waals surface area (Å²) in [7, 11) is 0. The molecule has 0 unspecified atom stereocenters. The van der Waals surface area contributed by atoms with Crippen LogP contribution in [-0.2, 0) is 4.74 Å². The highest BCUT2D eigenvalue weighted by molar-refractivity contribution is 4.78. The quantitative estimate of drug-likeness (QED) is 0.711. The molecule has 0 aromatic heterocycles. The maximum Gasteiger partial charge on any atom is 0.411 e. The molecule has 0 aliphatic heterocycles. The monoisotopic (exact) mass is 269 g/mol. The van der Waals surface area contributed by atoms with E-state index in [9.17, 15) is 13.2 Å². The Morgan fingerprint density at radius 3 is 2.00 bits per heavy atom. The fourth-order valence-electron chi connectivity index (χ4n) is 1.43. The maximum absolute atomic E-state index is 11.8. The summed E-state index contributed by atoms with van der Waals surface area (Å²) in [6, 6.07) is 0. The van der Waals surface area contributed by atoms with Gasteiger partial charge in [-0.05, 0) is 39.0 Å². The number of hydrogen-bond acceptors (Lipinski definition) is 2. The molecule has 2 nitrogen and oxygen atoms in total. The van der Waals surface area contributed by atoms with Gasteiger partial charge in [0.25, 0.3) is 0 Å². The van der Waals surface area contributed by atoms with Crippen molar-refractivity contribution in [3.63, 3.8) is 0 Å². The van der Waals surface area contributed by atoms with Gasteiger partial charge in [-0.3, -0.25) is 0 Å². The van der Waals surface area contributed by atoms with Gasteiger partial charge in [0.05, 0.1) is 0 Å². The van der Waals surface area contributed by atoms with Crippen LogP contribution in [0.4, 0.5) is 13.2 Å². The Bertz CT molecular complexity index is 231. The van der Waals surface area contributed by atoms with E-state index in [1.807, 2.05) is 0 Å². The van der Waals surface area contributed by atoms with Crippen molar-refractivity contribution in [1.82, 2.24) is 5.32 Å². The molecule has 0 aromatic carbocycles. The summed E-state index contributed by atoms with van der Waals surface area (Å²) in [5.74, 6) is 0. The Balaban J connectivity index is 3.71. The van der Waals surface area contributed by atoms with E-state index in [0.29, 0.717) is 6.42 Å². The SMILES string of the molecule is CC(C)(CCCOCC(F)(F)F)CNC(C)(C)C. The number of nitrogens with one attached hydrogen (secondary N) is 1. The van der Waals surface area contributed by atoms with E-state index in [-0.39, 0.29) is 17.6 Å². The minimum absolute atomic E-state index is 0.0596. The lowest BCUT2D eigenvalue weighted by Gasteiger charge is -2.30. The summed E-state index contributed by atoms with van der Waals surface area (Å²) in [5, 5.41) is 3.41. The van der Waals surface area contributed by atoms with Crippen molar-refractivity contribution in [2.75, 3.05) is 19.8 Å². The van der Waals surface area contributed by atoms with Crippen LogP contribution < -0.4 is 5.32 Å². The van der Waals surface area contributed by atoms with Gasteiger partial charge in [0.1, 0.15) is 6.61 Å². The minimum atomic E-state index is -4.22. The van der Waals surface area contributed by atoms with Gasteiger partial charge in [-0.1, -0.05) is 13.8 Å². The van der Waals surface area contributed by atoms with Crippen LogP contribution >= 0.6 is 0 Å². The fraction of sp³-hybridized carbons (Fsp3) is 1.00. The van der Waals surface area contributed by atoms with Crippen LogP contribution in [0.3, 0.4) is 0 Å². The van der Waals surface area contributed by atoms with Crippen LogP contribution in [0.2, 0.25) is 0 Å². The standard InChI is InChI=1S/C13H26F3NO/c1-11(2,3)17-9-12(4,5)7-6-8-18-10-13(14,15)16/h17H,6-10H2,1-5H3. The van der Waals surface area contributed by atoms with E-state index in [0.717, 1.165) is 13.0 Å². The first-order chi connectivity index (χ1) is 7.91. The predicted octanol–water partition coefficient (Wildman–Crippen LogP) is 3.76. The Morgan fingerprint density at radius 2 is 1.56 bits per heavy atom. The molecule has 0 atom stereocenters. The predicted molar refractivity (Wildman–Crippen MR) is 67.6 cm³/mol. The zero-order chi connectivity index (χ0) is 14.4. The molecule has 0 radical (unpaired) electrons. The Morgan fingerprint density at radius 1 is 1.00 bits per heavy atom. The summed E-state index contributed by atoms with van der Waals surface area (Å²) in [6.07, 6.45) is -2.73. The molecule has 110 valence electrons. The molecular weight excluding hydrogens is 243 g/mol. The minimum Gasteiger partial charge on any atom is -0.372 e. The third kappa shape index (κ3) is 12.2. The van der Waals surface area contributed by atoms with Gasteiger partial charge < -0.3 is 10.1 Å². The molecule has 0 spiro atoms. The molecule has 5 heteroatoms. The van der Waals surface area contributed by atoms with Crippen molar-refractivity contribution in [3.8, 4) is 0 Å². The summed E-state index contributed by atoms with van der Waals surface area (Å²) in [6.45, 7) is 10.4. The van der Waals surface area contributed by atoms with E-state index >= 15 is 0 Å². The molecule has 0 aromatic rings. The summed E-state index contributed by atoms with van der Waals surface area (Å²) < 4.78 is 40.1. The highest BCUT2D eigenvalue weighted by Gasteiger charge is 2.27. The first-order valence-electron chi connectivity index (χ1n) is 6.31. The molecule has 0 heterocycles. The van der Waals surface area contributed by atoms with Gasteiger partial charge in [-0.15, -0.1) is 0 Å². The molecule has 0 saturated heterocycles. The number of hydrogen-bond donors (Lipinski definition) is 1. The van der Waals surface area contributed by atoms with E-state index in [1.54, 1.807) is 0 Å². The van der Waals surface area contributed by atoms with E-state index < -0.39 is 12.8 Å².